The van der Waals surface area contributed by atoms with Crippen molar-refractivity contribution in [2.45, 2.75) is 6.42 Å². The van der Waals surface area contributed by atoms with Gasteiger partial charge in [-0.15, -0.1) is 0 Å². The van der Waals surface area contributed by atoms with Gasteiger partial charge in [-0.3, -0.25) is 4.79 Å². The van der Waals surface area contributed by atoms with Gasteiger partial charge in [0.2, 0.25) is 0 Å². The smallest absolute Gasteiger partial charge is 0.313 e. The molecule has 0 saturated heterocycles. The van der Waals surface area contributed by atoms with Gasteiger partial charge in [0.05, 0.1) is 12.6 Å². The Kier molecular flexibility index (Phi) is 2.58. The van der Waals surface area contributed by atoms with Crippen LogP contribution in [0.25, 0.3) is 10.9 Å². The molecular weight excluding hydrogens is 192 g/mol. The predicted octanol–water partition coefficient (Wildman–Crippen LogP) is 1.35. The fourth-order valence-corrected chi connectivity index (χ4v) is 1.30. The summed E-state index contributed by atoms with van der Waals surface area (Å²) in [6.45, 7) is 0. The van der Waals surface area contributed by atoms with E-state index >= 15 is 0 Å². The summed E-state index contributed by atoms with van der Waals surface area (Å²) in [6, 6.07) is 7.64. The van der Waals surface area contributed by atoms with Gasteiger partial charge in [-0.2, -0.15) is 0 Å². The van der Waals surface area contributed by atoms with Gasteiger partial charge in [0, 0.05) is 11.6 Å². The molecule has 0 N–H and O–H groups in total. The number of para-hydroxylation sites is 1. The second-order valence-electron chi connectivity index (χ2n) is 3.10. The SMILES string of the molecule is COC(=O)Cc1ncc2ccccc2n1. The summed E-state index contributed by atoms with van der Waals surface area (Å²) >= 11 is 0. The molecule has 76 valence electrons. The first-order chi connectivity index (χ1) is 7.29. The third-order valence-corrected chi connectivity index (χ3v) is 2.07. The first kappa shape index (κ1) is 9.58. The topological polar surface area (TPSA) is 52.1 Å². The Morgan fingerprint density at radius 1 is 1.40 bits per heavy atom. The molecule has 0 radical (unpaired) electrons. The molecule has 1 aromatic heterocycles. The van der Waals surface area contributed by atoms with Crippen LogP contribution in [0.5, 0.6) is 0 Å². The fourth-order valence-electron chi connectivity index (χ4n) is 1.30. The molecule has 2 rings (SSSR count). The second kappa shape index (κ2) is 4.04. The Morgan fingerprint density at radius 2 is 2.20 bits per heavy atom. The van der Waals surface area contributed by atoms with Gasteiger partial charge in [-0.05, 0) is 6.07 Å². The van der Waals surface area contributed by atoms with E-state index in [1.165, 1.54) is 7.11 Å². The minimum absolute atomic E-state index is 0.112. The molecule has 1 aromatic carbocycles. The van der Waals surface area contributed by atoms with Crippen LogP contribution in [0.1, 0.15) is 5.82 Å². The minimum atomic E-state index is -0.328. The van der Waals surface area contributed by atoms with Crippen molar-refractivity contribution in [1.29, 1.82) is 0 Å². The summed E-state index contributed by atoms with van der Waals surface area (Å²) in [5.41, 5.74) is 0.839. The van der Waals surface area contributed by atoms with Gasteiger partial charge < -0.3 is 4.74 Å². The van der Waals surface area contributed by atoms with Crippen LogP contribution in [0, 0.1) is 0 Å². The zero-order chi connectivity index (χ0) is 10.7. The maximum Gasteiger partial charge on any atom is 0.313 e. The van der Waals surface area contributed by atoms with E-state index in [2.05, 4.69) is 14.7 Å². The quantitative estimate of drug-likeness (QED) is 0.690. The van der Waals surface area contributed by atoms with E-state index < -0.39 is 0 Å². The van der Waals surface area contributed by atoms with Crippen LogP contribution in [0.2, 0.25) is 0 Å². The number of carbonyl (C=O) groups excluding carboxylic acids is 1. The van der Waals surface area contributed by atoms with Crippen molar-refractivity contribution in [1.82, 2.24) is 9.97 Å². The van der Waals surface area contributed by atoms with Crippen molar-refractivity contribution in [2.75, 3.05) is 7.11 Å². The van der Waals surface area contributed by atoms with Crippen molar-refractivity contribution in [3.63, 3.8) is 0 Å². The molecule has 4 heteroatoms. The highest BCUT2D eigenvalue weighted by Crippen LogP contribution is 2.09. The van der Waals surface area contributed by atoms with Gasteiger partial charge >= 0.3 is 5.97 Å². The number of aromatic nitrogens is 2. The minimum Gasteiger partial charge on any atom is -0.469 e. The maximum atomic E-state index is 11.0. The summed E-state index contributed by atoms with van der Waals surface area (Å²) < 4.78 is 4.55. The Bertz CT molecular complexity index is 497. The molecule has 0 aliphatic rings. The standard InChI is InChI=1S/C11H10N2O2/c1-15-11(14)6-10-12-7-8-4-2-3-5-9(8)13-10/h2-5,7H,6H2,1H3. The van der Waals surface area contributed by atoms with Crippen LogP contribution < -0.4 is 0 Å². The van der Waals surface area contributed by atoms with E-state index in [0.717, 1.165) is 10.9 Å². The highest BCUT2D eigenvalue weighted by atomic mass is 16.5. The van der Waals surface area contributed by atoms with Crippen LogP contribution in [-0.2, 0) is 16.0 Å². The highest BCUT2D eigenvalue weighted by Gasteiger charge is 2.05. The molecule has 0 saturated carbocycles. The van der Waals surface area contributed by atoms with Gasteiger partial charge in [0.1, 0.15) is 12.2 Å². The Labute approximate surface area is 86.9 Å². The molecular formula is C11H10N2O2. The Morgan fingerprint density at radius 3 is 3.00 bits per heavy atom. The lowest BCUT2D eigenvalue weighted by atomic mass is 10.2. The van der Waals surface area contributed by atoms with E-state index in [9.17, 15) is 4.79 Å². The number of esters is 1. The summed E-state index contributed by atoms with van der Waals surface area (Å²) in [5.74, 6) is 0.158. The van der Waals surface area contributed by atoms with E-state index in [4.69, 9.17) is 0 Å². The first-order valence-corrected chi connectivity index (χ1v) is 4.57. The monoisotopic (exact) mass is 202 g/mol. The zero-order valence-corrected chi connectivity index (χ0v) is 8.30. The molecule has 0 aliphatic heterocycles. The van der Waals surface area contributed by atoms with Gasteiger partial charge in [-0.25, -0.2) is 9.97 Å². The number of hydrogen-bond acceptors (Lipinski definition) is 4. The van der Waals surface area contributed by atoms with E-state index in [1.54, 1.807) is 6.20 Å². The average molecular weight is 202 g/mol. The lowest BCUT2D eigenvalue weighted by Gasteiger charge is -2.00. The maximum absolute atomic E-state index is 11.0. The number of nitrogens with zero attached hydrogens (tertiary/aromatic N) is 2. The van der Waals surface area contributed by atoms with Crippen molar-refractivity contribution in [3.05, 3.63) is 36.3 Å². The van der Waals surface area contributed by atoms with Gasteiger partial charge in [-0.1, -0.05) is 18.2 Å². The van der Waals surface area contributed by atoms with Gasteiger partial charge in [0.15, 0.2) is 0 Å². The molecule has 0 unspecified atom stereocenters. The second-order valence-corrected chi connectivity index (χ2v) is 3.10. The third-order valence-electron chi connectivity index (χ3n) is 2.07. The number of benzene rings is 1. The lowest BCUT2D eigenvalue weighted by molar-refractivity contribution is -0.139. The van der Waals surface area contributed by atoms with Crippen LogP contribution in [0.15, 0.2) is 30.5 Å². The fraction of sp³-hybridized carbons (Fsp3) is 0.182. The van der Waals surface area contributed by atoms with Crippen LogP contribution in [0.4, 0.5) is 0 Å². The van der Waals surface area contributed by atoms with Crippen molar-refractivity contribution in [2.24, 2.45) is 0 Å². The molecule has 4 nitrogen and oxygen atoms in total. The largest absolute Gasteiger partial charge is 0.469 e. The van der Waals surface area contributed by atoms with Crippen molar-refractivity contribution in [3.8, 4) is 0 Å². The summed E-state index contributed by atoms with van der Waals surface area (Å²) in [6.07, 6.45) is 1.82. The molecule has 0 atom stereocenters. The number of hydrogen-bond donors (Lipinski definition) is 0. The molecule has 0 amide bonds. The molecule has 2 aromatic rings. The highest BCUT2D eigenvalue weighted by molar-refractivity contribution is 5.78. The average Bonchev–Trinajstić information content (AvgIpc) is 2.29. The van der Waals surface area contributed by atoms with Gasteiger partial charge in [0.25, 0.3) is 0 Å². The molecule has 0 spiro atoms. The summed E-state index contributed by atoms with van der Waals surface area (Å²) in [5, 5.41) is 0.964. The van der Waals surface area contributed by atoms with E-state index in [1.807, 2.05) is 24.3 Å². The molecule has 0 aliphatic carbocycles. The van der Waals surface area contributed by atoms with E-state index in [0.29, 0.717) is 5.82 Å². The third kappa shape index (κ3) is 2.10. The summed E-state index contributed by atoms with van der Waals surface area (Å²) in [7, 11) is 1.35. The number of rotatable bonds is 2. The number of ether oxygens (including phenoxy) is 1. The van der Waals surface area contributed by atoms with Crippen LogP contribution >= 0.6 is 0 Å². The Balaban J connectivity index is 2.34. The molecule has 0 fully saturated rings. The number of methoxy groups -OCH3 is 1. The molecule has 15 heavy (non-hydrogen) atoms. The Hall–Kier alpha value is -1.97. The lowest BCUT2D eigenvalue weighted by Crippen LogP contribution is -2.07. The first-order valence-electron chi connectivity index (χ1n) is 4.57. The van der Waals surface area contributed by atoms with Crippen molar-refractivity contribution >= 4 is 16.9 Å². The van der Waals surface area contributed by atoms with Crippen molar-refractivity contribution < 1.29 is 9.53 Å². The van der Waals surface area contributed by atoms with Crippen LogP contribution in [-0.4, -0.2) is 23.0 Å². The molecule has 0 bridgehead atoms. The molecule has 1 heterocycles. The number of fused-ring (bicyclic) bond motifs is 1. The predicted molar refractivity (Wildman–Crippen MR) is 55.3 cm³/mol. The van der Waals surface area contributed by atoms with E-state index in [-0.39, 0.29) is 12.4 Å². The van der Waals surface area contributed by atoms with Crippen LogP contribution in [0.3, 0.4) is 0 Å². The normalized spacial score (nSPS) is 10.2. The summed E-state index contributed by atoms with van der Waals surface area (Å²) in [4.78, 5) is 19.3. The number of carbonyl (C=O) groups is 1. The zero-order valence-electron chi connectivity index (χ0n) is 8.30.